The lowest BCUT2D eigenvalue weighted by atomic mass is 10.1. The minimum Gasteiger partial charge on any atom is -0.378 e. The molecule has 2 aliphatic heterocycles. The van der Waals surface area contributed by atoms with Crippen LogP contribution in [0, 0.1) is 11.3 Å². The third-order valence-corrected chi connectivity index (χ3v) is 5.95. The van der Waals surface area contributed by atoms with Crippen molar-refractivity contribution in [1.82, 2.24) is 15.0 Å². The number of nitriles is 1. The Kier molecular flexibility index (Phi) is 4.90. The molecule has 0 saturated carbocycles. The number of anilines is 3. The third kappa shape index (κ3) is 3.70. The van der Waals surface area contributed by atoms with E-state index in [1.807, 2.05) is 18.3 Å². The summed E-state index contributed by atoms with van der Waals surface area (Å²) in [4.78, 5) is 18.4. The second kappa shape index (κ2) is 7.84. The van der Waals surface area contributed by atoms with E-state index in [4.69, 9.17) is 14.7 Å². The number of nitrogens with zero attached hydrogens (tertiary/aromatic N) is 6. The Hall–Kier alpha value is -2.92. The molecular formula is C21H25N7O. The van der Waals surface area contributed by atoms with Crippen LogP contribution in [-0.2, 0) is 17.6 Å². The molecule has 1 unspecified atom stereocenters. The summed E-state index contributed by atoms with van der Waals surface area (Å²) in [6.45, 7) is 4.86. The average molecular weight is 391 g/mol. The van der Waals surface area contributed by atoms with Gasteiger partial charge < -0.3 is 19.9 Å². The Balaban J connectivity index is 1.28. The van der Waals surface area contributed by atoms with Crippen LogP contribution in [0.25, 0.3) is 0 Å². The number of hydrogen-bond acceptors (Lipinski definition) is 8. The minimum atomic E-state index is 0.233. The summed E-state index contributed by atoms with van der Waals surface area (Å²) in [6.07, 6.45) is 5.97. The summed E-state index contributed by atoms with van der Waals surface area (Å²) in [7, 11) is 0. The number of ether oxygens (including phenoxy) is 1. The van der Waals surface area contributed by atoms with Gasteiger partial charge in [-0.1, -0.05) is 0 Å². The smallest absolute Gasteiger partial charge is 0.224 e. The van der Waals surface area contributed by atoms with Crippen LogP contribution in [0.2, 0.25) is 0 Å². The lowest BCUT2D eigenvalue weighted by Gasteiger charge is -2.28. The van der Waals surface area contributed by atoms with Gasteiger partial charge in [0.25, 0.3) is 0 Å². The molecule has 150 valence electrons. The molecule has 0 spiro atoms. The lowest BCUT2D eigenvalue weighted by molar-refractivity contribution is 0.122. The van der Waals surface area contributed by atoms with Gasteiger partial charge in [-0.15, -0.1) is 0 Å². The standard InChI is InChI=1S/C21H25N7O/c22-13-16-12-15-2-1-3-18(15)25-20(16)28-7-5-17(14-28)24-21-23-6-4-19(26-21)27-8-10-29-11-9-27/h4,6,12,17H,1-3,5,7-11,14H2,(H,23,24,26). The molecule has 0 amide bonds. The molecule has 8 nitrogen and oxygen atoms in total. The zero-order chi connectivity index (χ0) is 19.6. The van der Waals surface area contributed by atoms with Gasteiger partial charge in [0.2, 0.25) is 5.95 Å². The number of morpholine rings is 1. The van der Waals surface area contributed by atoms with E-state index in [0.29, 0.717) is 11.5 Å². The molecule has 0 aromatic carbocycles. The van der Waals surface area contributed by atoms with Crippen LogP contribution < -0.4 is 15.1 Å². The van der Waals surface area contributed by atoms with Crippen molar-refractivity contribution in [2.45, 2.75) is 31.7 Å². The normalized spacial score (nSPS) is 21.1. The molecular weight excluding hydrogens is 366 g/mol. The van der Waals surface area contributed by atoms with Crippen LogP contribution >= 0.6 is 0 Å². The average Bonchev–Trinajstić information content (AvgIpc) is 3.42. The highest BCUT2D eigenvalue weighted by molar-refractivity contribution is 5.58. The fourth-order valence-electron chi connectivity index (χ4n) is 4.42. The maximum Gasteiger partial charge on any atom is 0.224 e. The van der Waals surface area contributed by atoms with Gasteiger partial charge in [-0.05, 0) is 43.4 Å². The molecule has 3 aliphatic rings. The van der Waals surface area contributed by atoms with Gasteiger partial charge in [0.15, 0.2) is 0 Å². The maximum atomic E-state index is 9.60. The Morgan fingerprint density at radius 2 is 2.03 bits per heavy atom. The van der Waals surface area contributed by atoms with E-state index >= 15 is 0 Å². The number of pyridine rings is 1. The molecule has 2 fully saturated rings. The number of aromatic nitrogens is 3. The van der Waals surface area contributed by atoms with Crippen molar-refractivity contribution in [3.63, 3.8) is 0 Å². The third-order valence-electron chi connectivity index (χ3n) is 5.95. The monoisotopic (exact) mass is 391 g/mol. The lowest BCUT2D eigenvalue weighted by Crippen LogP contribution is -2.37. The molecule has 2 aromatic heterocycles. The highest BCUT2D eigenvalue weighted by Crippen LogP contribution is 2.29. The summed E-state index contributed by atoms with van der Waals surface area (Å²) in [5, 5.41) is 13.1. The Bertz CT molecular complexity index is 935. The van der Waals surface area contributed by atoms with Crippen molar-refractivity contribution in [2.24, 2.45) is 0 Å². The largest absolute Gasteiger partial charge is 0.378 e. The predicted octanol–water partition coefficient (Wildman–Crippen LogP) is 1.76. The molecule has 4 heterocycles. The highest BCUT2D eigenvalue weighted by Gasteiger charge is 2.28. The fourth-order valence-corrected chi connectivity index (χ4v) is 4.42. The number of hydrogen-bond donors (Lipinski definition) is 1. The minimum absolute atomic E-state index is 0.233. The van der Waals surface area contributed by atoms with E-state index in [-0.39, 0.29) is 6.04 Å². The van der Waals surface area contributed by atoms with Crippen molar-refractivity contribution in [1.29, 1.82) is 5.26 Å². The summed E-state index contributed by atoms with van der Waals surface area (Å²) in [5.74, 6) is 2.43. The molecule has 1 aliphatic carbocycles. The van der Waals surface area contributed by atoms with E-state index in [1.165, 1.54) is 5.56 Å². The summed E-state index contributed by atoms with van der Waals surface area (Å²) in [6, 6.07) is 6.57. The van der Waals surface area contributed by atoms with Crippen molar-refractivity contribution in [2.75, 3.05) is 54.5 Å². The fraction of sp³-hybridized carbons (Fsp3) is 0.524. The first-order valence-corrected chi connectivity index (χ1v) is 10.4. The topological polar surface area (TPSA) is 90.2 Å². The van der Waals surface area contributed by atoms with Crippen LogP contribution in [0.4, 0.5) is 17.6 Å². The second-order valence-electron chi connectivity index (χ2n) is 7.84. The zero-order valence-corrected chi connectivity index (χ0v) is 16.5. The van der Waals surface area contributed by atoms with Gasteiger partial charge in [-0.25, -0.2) is 9.97 Å². The molecule has 2 aromatic rings. The predicted molar refractivity (Wildman–Crippen MR) is 110 cm³/mol. The molecule has 2 saturated heterocycles. The maximum absolute atomic E-state index is 9.60. The quantitative estimate of drug-likeness (QED) is 0.843. The number of nitrogens with one attached hydrogen (secondary N) is 1. The number of aryl methyl sites for hydroxylation is 2. The first-order valence-electron chi connectivity index (χ1n) is 10.4. The van der Waals surface area contributed by atoms with Gasteiger partial charge in [0, 0.05) is 44.1 Å². The molecule has 0 bridgehead atoms. The summed E-state index contributed by atoms with van der Waals surface area (Å²) >= 11 is 0. The Morgan fingerprint density at radius 3 is 2.90 bits per heavy atom. The van der Waals surface area contributed by atoms with E-state index in [1.54, 1.807) is 0 Å². The van der Waals surface area contributed by atoms with E-state index in [9.17, 15) is 5.26 Å². The highest BCUT2D eigenvalue weighted by atomic mass is 16.5. The van der Waals surface area contributed by atoms with Gasteiger partial charge in [0.1, 0.15) is 17.7 Å². The molecule has 1 atom stereocenters. The first kappa shape index (κ1) is 18.1. The Labute approximate surface area is 170 Å². The van der Waals surface area contributed by atoms with Crippen LogP contribution in [0.15, 0.2) is 18.3 Å². The molecule has 8 heteroatoms. The van der Waals surface area contributed by atoms with E-state index in [0.717, 1.165) is 82.4 Å². The van der Waals surface area contributed by atoms with E-state index in [2.05, 4.69) is 26.2 Å². The number of rotatable bonds is 4. The van der Waals surface area contributed by atoms with Crippen molar-refractivity contribution in [3.05, 3.63) is 35.2 Å². The molecule has 0 radical (unpaired) electrons. The van der Waals surface area contributed by atoms with Gasteiger partial charge >= 0.3 is 0 Å². The zero-order valence-electron chi connectivity index (χ0n) is 16.5. The van der Waals surface area contributed by atoms with Gasteiger partial charge in [-0.2, -0.15) is 10.2 Å². The Morgan fingerprint density at radius 1 is 1.14 bits per heavy atom. The van der Waals surface area contributed by atoms with E-state index < -0.39 is 0 Å². The molecule has 1 N–H and O–H groups in total. The number of fused-ring (bicyclic) bond motifs is 1. The first-order chi connectivity index (χ1) is 14.3. The van der Waals surface area contributed by atoms with Crippen LogP contribution in [0.5, 0.6) is 0 Å². The second-order valence-corrected chi connectivity index (χ2v) is 7.84. The van der Waals surface area contributed by atoms with Crippen LogP contribution in [0.1, 0.15) is 29.7 Å². The van der Waals surface area contributed by atoms with Gasteiger partial charge in [0.05, 0.1) is 18.8 Å². The SMILES string of the molecule is N#Cc1cc2c(nc1N1CCC(Nc3nccc(N4CCOCC4)n3)C1)CCC2. The summed E-state index contributed by atoms with van der Waals surface area (Å²) < 4.78 is 5.42. The molecule has 5 rings (SSSR count). The van der Waals surface area contributed by atoms with Crippen LogP contribution in [0.3, 0.4) is 0 Å². The van der Waals surface area contributed by atoms with Crippen LogP contribution in [-0.4, -0.2) is 60.4 Å². The molecule has 29 heavy (non-hydrogen) atoms. The van der Waals surface area contributed by atoms with Crippen molar-refractivity contribution < 1.29 is 4.74 Å². The van der Waals surface area contributed by atoms with Gasteiger partial charge in [-0.3, -0.25) is 0 Å². The van der Waals surface area contributed by atoms with Crippen molar-refractivity contribution >= 4 is 17.6 Å². The summed E-state index contributed by atoms with van der Waals surface area (Å²) in [5.41, 5.74) is 3.10. The van der Waals surface area contributed by atoms with Crippen molar-refractivity contribution in [3.8, 4) is 6.07 Å².